The van der Waals surface area contributed by atoms with Crippen LogP contribution >= 0.6 is 54.0 Å². The second-order valence-corrected chi connectivity index (χ2v) is 12.5. The summed E-state index contributed by atoms with van der Waals surface area (Å²) >= 11 is 0. The number of H-pyrrole nitrogens is 1. The van der Waals surface area contributed by atoms with Gasteiger partial charge in [-0.15, -0.1) is 0 Å². The van der Waals surface area contributed by atoms with Gasteiger partial charge in [0.15, 0.2) is 0 Å². The lowest BCUT2D eigenvalue weighted by atomic mass is 9.96. The van der Waals surface area contributed by atoms with Crippen LogP contribution in [0.4, 0.5) is 4.79 Å². The standard InChI is InChI=1S/C30H47N7O5.4H2S/c1-18(2)19(3)28(38)36-12-7-10-24(36)26-31-16-20(32-26)15-22-23-17-42-14-6-5-9-21(35-30(40)41-4)29(39)37-13-8-11-25(37)27(33-22)34-23;;;;/h16,18-19,21-25H,5-15,17H2,1-4H3,(H,31,32)(H,33,34)(H,35,40);4*1H2/t19-,21-,22?,23?,24-,25-;;;;/m0..../s1. The fraction of sp³-hybridized carbons (Fsp3) is 0.767. The number of carbonyl (C=O) groups is 3. The number of hydrogen-bond donors (Lipinski definition) is 3. The minimum absolute atomic E-state index is 0. The summed E-state index contributed by atoms with van der Waals surface area (Å²) in [5, 5.41) is 6.34. The predicted molar refractivity (Wildman–Crippen MR) is 198 cm³/mol. The minimum atomic E-state index is -0.638. The minimum Gasteiger partial charge on any atom is -0.453 e. The molecular weight excluding hydrogens is 667 g/mol. The summed E-state index contributed by atoms with van der Waals surface area (Å²) in [4.78, 5) is 56.0. The average molecular weight is 722 g/mol. The number of alkyl carbamates (subject to hydrolysis) is 1. The van der Waals surface area contributed by atoms with Crippen molar-refractivity contribution in [2.75, 3.05) is 33.4 Å². The molecule has 4 aliphatic rings. The zero-order valence-electron chi connectivity index (χ0n) is 27.4. The molecule has 1 aromatic rings. The lowest BCUT2D eigenvalue weighted by Gasteiger charge is -2.29. The van der Waals surface area contributed by atoms with Gasteiger partial charge in [-0.2, -0.15) is 54.0 Å². The molecule has 5 heterocycles. The van der Waals surface area contributed by atoms with Crippen LogP contribution in [0, 0.1) is 11.8 Å². The number of amides is 3. The highest BCUT2D eigenvalue weighted by Gasteiger charge is 2.41. The molecule has 5 rings (SSSR count). The van der Waals surface area contributed by atoms with Gasteiger partial charge in [0, 0.05) is 43.9 Å². The van der Waals surface area contributed by atoms with Crippen molar-refractivity contribution < 1.29 is 23.9 Å². The Balaban J connectivity index is 0.00000264. The Kier molecular flexibility index (Phi) is 17.7. The molecule has 0 spiro atoms. The maximum absolute atomic E-state index is 13.6. The molecule has 2 bridgehead atoms. The first-order valence-electron chi connectivity index (χ1n) is 15.7. The lowest BCUT2D eigenvalue weighted by Crippen LogP contribution is -2.53. The van der Waals surface area contributed by atoms with Crippen LogP contribution in [0.1, 0.15) is 83.3 Å². The van der Waals surface area contributed by atoms with Gasteiger partial charge in [0.2, 0.25) is 11.8 Å². The number of carbonyl (C=O) groups excluding carboxylic acids is 3. The third kappa shape index (κ3) is 9.66. The van der Waals surface area contributed by atoms with Crippen LogP contribution < -0.4 is 10.6 Å². The zero-order valence-corrected chi connectivity index (χ0v) is 31.4. The first-order valence-corrected chi connectivity index (χ1v) is 15.7. The fourth-order valence-electron chi connectivity index (χ4n) is 6.59. The van der Waals surface area contributed by atoms with Crippen molar-refractivity contribution in [3.63, 3.8) is 0 Å². The van der Waals surface area contributed by atoms with E-state index in [1.165, 1.54) is 7.11 Å². The molecule has 3 amide bonds. The number of hydrogen-bond acceptors (Lipinski definition) is 8. The van der Waals surface area contributed by atoms with Gasteiger partial charge in [-0.3, -0.25) is 14.6 Å². The first-order chi connectivity index (χ1) is 20.3. The molecule has 3 fully saturated rings. The summed E-state index contributed by atoms with van der Waals surface area (Å²) in [6, 6.07) is -0.930. The van der Waals surface area contributed by atoms with E-state index in [-0.39, 0.29) is 95.9 Å². The van der Waals surface area contributed by atoms with Crippen LogP contribution in [0.2, 0.25) is 0 Å². The third-order valence-corrected chi connectivity index (χ3v) is 9.38. The van der Waals surface area contributed by atoms with E-state index in [0.29, 0.717) is 38.5 Å². The Labute approximate surface area is 301 Å². The predicted octanol–water partition coefficient (Wildman–Crippen LogP) is 3.01. The van der Waals surface area contributed by atoms with Crippen LogP contribution in [-0.4, -0.2) is 101 Å². The molecule has 3 N–H and O–H groups in total. The Hall–Kier alpha value is -1.75. The van der Waals surface area contributed by atoms with E-state index in [4.69, 9.17) is 19.5 Å². The Morgan fingerprint density at radius 2 is 1.76 bits per heavy atom. The Morgan fingerprint density at radius 1 is 1.04 bits per heavy atom. The number of aromatic amines is 1. The van der Waals surface area contributed by atoms with Gasteiger partial charge in [-0.05, 0) is 50.9 Å². The molecule has 46 heavy (non-hydrogen) atoms. The van der Waals surface area contributed by atoms with Gasteiger partial charge >= 0.3 is 6.09 Å². The number of aliphatic imine (C=N–C) groups is 1. The molecule has 0 radical (unpaired) electrons. The quantitative estimate of drug-likeness (QED) is 0.411. The highest BCUT2D eigenvalue weighted by molar-refractivity contribution is 7.59. The van der Waals surface area contributed by atoms with E-state index >= 15 is 0 Å². The SMILES string of the molecule is COC(=O)N[C@H]1CCCCOCC2NC(=NC2Cc2cnc([C@@H]3CCCN3C(=O)[C@@H](C)C(C)C)[nH]2)[C@@H]2CCCN2C1=O.S.S.S.S. The molecule has 6 atom stereocenters. The van der Waals surface area contributed by atoms with Crippen molar-refractivity contribution in [2.24, 2.45) is 16.8 Å². The van der Waals surface area contributed by atoms with Gasteiger partial charge in [-0.1, -0.05) is 20.8 Å². The summed E-state index contributed by atoms with van der Waals surface area (Å²) < 4.78 is 10.9. The summed E-state index contributed by atoms with van der Waals surface area (Å²) in [6.07, 6.45) is 7.59. The van der Waals surface area contributed by atoms with Crippen molar-refractivity contribution in [3.8, 4) is 0 Å². The summed E-state index contributed by atoms with van der Waals surface area (Å²) in [5.41, 5.74) is 0.978. The third-order valence-electron chi connectivity index (χ3n) is 9.38. The normalized spacial score (nSPS) is 26.7. The van der Waals surface area contributed by atoms with Crippen LogP contribution in [-0.2, 0) is 25.5 Å². The molecular formula is C30H55N7O5S4. The maximum atomic E-state index is 13.6. The number of methoxy groups -OCH3 is 1. The van der Waals surface area contributed by atoms with E-state index in [1.807, 2.05) is 22.9 Å². The molecule has 16 heteroatoms. The molecule has 0 saturated carbocycles. The van der Waals surface area contributed by atoms with Gasteiger partial charge < -0.3 is 34.9 Å². The Morgan fingerprint density at radius 3 is 2.48 bits per heavy atom. The zero-order chi connectivity index (χ0) is 29.8. The van der Waals surface area contributed by atoms with E-state index in [2.05, 4.69) is 29.5 Å². The van der Waals surface area contributed by atoms with Crippen LogP contribution in [0.3, 0.4) is 0 Å². The van der Waals surface area contributed by atoms with Crippen molar-refractivity contribution in [3.05, 3.63) is 17.7 Å². The molecule has 12 nitrogen and oxygen atoms in total. The van der Waals surface area contributed by atoms with Crippen molar-refractivity contribution >= 4 is 77.7 Å². The number of nitrogens with zero attached hydrogens (tertiary/aromatic N) is 4. The molecule has 0 aromatic carbocycles. The van der Waals surface area contributed by atoms with Crippen molar-refractivity contribution in [1.29, 1.82) is 0 Å². The maximum Gasteiger partial charge on any atom is 0.407 e. The van der Waals surface area contributed by atoms with Crippen LogP contribution in [0.25, 0.3) is 0 Å². The molecule has 2 unspecified atom stereocenters. The van der Waals surface area contributed by atoms with Crippen molar-refractivity contribution in [2.45, 2.75) is 102 Å². The molecule has 0 aliphatic carbocycles. The second kappa shape index (κ2) is 19.3. The van der Waals surface area contributed by atoms with E-state index in [9.17, 15) is 14.4 Å². The highest BCUT2D eigenvalue weighted by atomic mass is 32.1. The number of aromatic nitrogens is 2. The van der Waals surface area contributed by atoms with Gasteiger partial charge in [0.05, 0.1) is 37.9 Å². The van der Waals surface area contributed by atoms with Crippen molar-refractivity contribution in [1.82, 2.24) is 30.4 Å². The van der Waals surface area contributed by atoms with Crippen LogP contribution in [0.5, 0.6) is 0 Å². The summed E-state index contributed by atoms with van der Waals surface area (Å²) in [6.45, 7) is 8.68. The molecule has 264 valence electrons. The Bertz CT molecular complexity index is 1170. The number of imidazole rings is 1. The highest BCUT2D eigenvalue weighted by Crippen LogP contribution is 2.33. The number of amidine groups is 1. The van der Waals surface area contributed by atoms with E-state index in [0.717, 1.165) is 62.4 Å². The smallest absolute Gasteiger partial charge is 0.407 e. The molecule has 4 aliphatic heterocycles. The number of ether oxygens (including phenoxy) is 2. The second-order valence-electron chi connectivity index (χ2n) is 12.5. The monoisotopic (exact) mass is 721 g/mol. The van der Waals surface area contributed by atoms with E-state index < -0.39 is 12.1 Å². The topological polar surface area (TPSA) is 141 Å². The fourth-order valence-corrected chi connectivity index (χ4v) is 6.59. The summed E-state index contributed by atoms with van der Waals surface area (Å²) in [5.74, 6) is 2.03. The number of rotatable bonds is 6. The van der Waals surface area contributed by atoms with Gasteiger partial charge in [0.1, 0.15) is 17.7 Å². The first kappa shape index (κ1) is 42.3. The lowest BCUT2D eigenvalue weighted by molar-refractivity contribution is -0.137. The average Bonchev–Trinajstić information content (AvgIpc) is 3.79. The van der Waals surface area contributed by atoms with Gasteiger partial charge in [-0.25, -0.2) is 9.78 Å². The van der Waals surface area contributed by atoms with E-state index in [1.54, 1.807) is 0 Å². The molecule has 1 aromatic heterocycles. The number of fused-ring (bicyclic) bond motifs is 4. The number of nitrogens with one attached hydrogen (secondary N) is 3. The number of likely N-dealkylation sites (tertiary alicyclic amines) is 1. The summed E-state index contributed by atoms with van der Waals surface area (Å²) in [7, 11) is 1.31. The molecule has 3 saturated heterocycles. The van der Waals surface area contributed by atoms with Gasteiger partial charge in [0.25, 0.3) is 0 Å². The largest absolute Gasteiger partial charge is 0.453 e. The van der Waals surface area contributed by atoms with Crippen LogP contribution in [0.15, 0.2) is 11.2 Å².